The van der Waals surface area contributed by atoms with Crippen molar-refractivity contribution in [1.29, 1.82) is 0 Å². The monoisotopic (exact) mass is 299 g/mol. The van der Waals surface area contributed by atoms with Crippen LogP contribution in [0.2, 0.25) is 5.02 Å². The van der Waals surface area contributed by atoms with E-state index in [-0.39, 0.29) is 16.5 Å². The summed E-state index contributed by atoms with van der Waals surface area (Å²) in [7, 11) is 1.71. The summed E-state index contributed by atoms with van der Waals surface area (Å²) in [5.41, 5.74) is 0.217. The Morgan fingerprint density at radius 2 is 2.15 bits per heavy atom. The Morgan fingerprint density at radius 3 is 2.85 bits per heavy atom. The van der Waals surface area contributed by atoms with Gasteiger partial charge in [-0.2, -0.15) is 0 Å². The second-order valence-corrected chi connectivity index (χ2v) is 5.30. The van der Waals surface area contributed by atoms with Crippen LogP contribution in [-0.2, 0) is 0 Å². The molecular weight excluding hydrogens is 281 g/mol. The van der Waals surface area contributed by atoms with Crippen LogP contribution >= 0.6 is 11.6 Å². The molecule has 0 atom stereocenters. The minimum Gasteiger partial charge on any atom is -0.340 e. The number of benzene rings is 1. The minimum atomic E-state index is -0.562. The van der Waals surface area contributed by atoms with Crippen molar-refractivity contribution in [3.8, 4) is 0 Å². The van der Waals surface area contributed by atoms with Crippen molar-refractivity contribution in [2.75, 3.05) is 46.3 Å². The number of carbonyl (C=O) groups excluding carboxylic acids is 1. The van der Waals surface area contributed by atoms with Crippen LogP contribution in [0.25, 0.3) is 0 Å². The Labute approximate surface area is 123 Å². The van der Waals surface area contributed by atoms with Gasteiger partial charge in [-0.05, 0) is 12.1 Å². The summed E-state index contributed by atoms with van der Waals surface area (Å²) in [5, 5.41) is 3.18. The quantitative estimate of drug-likeness (QED) is 0.914. The first-order valence-electron chi connectivity index (χ1n) is 6.72. The van der Waals surface area contributed by atoms with Gasteiger partial charge in [0.15, 0.2) is 0 Å². The van der Waals surface area contributed by atoms with Crippen LogP contribution in [0.1, 0.15) is 10.4 Å². The highest BCUT2D eigenvalue weighted by molar-refractivity contribution is 6.33. The van der Waals surface area contributed by atoms with Crippen LogP contribution in [0.4, 0.5) is 4.39 Å². The van der Waals surface area contributed by atoms with Gasteiger partial charge in [0, 0.05) is 46.3 Å². The SMILES string of the molecule is CN(CCN1CCNCC1)C(=O)c1cccc(F)c1Cl. The third-order valence-electron chi connectivity index (χ3n) is 3.49. The van der Waals surface area contributed by atoms with E-state index in [1.54, 1.807) is 18.0 Å². The van der Waals surface area contributed by atoms with Gasteiger partial charge >= 0.3 is 0 Å². The lowest BCUT2D eigenvalue weighted by atomic mass is 10.2. The summed E-state index contributed by atoms with van der Waals surface area (Å²) in [4.78, 5) is 16.1. The predicted octanol–water partition coefficient (Wildman–Crippen LogP) is 1.46. The predicted molar refractivity (Wildman–Crippen MR) is 77.7 cm³/mol. The summed E-state index contributed by atoms with van der Waals surface area (Å²) >= 11 is 5.84. The number of likely N-dealkylation sites (N-methyl/N-ethyl adjacent to an activating group) is 1. The molecule has 1 heterocycles. The molecule has 2 rings (SSSR count). The van der Waals surface area contributed by atoms with Gasteiger partial charge < -0.3 is 10.2 Å². The Bertz CT molecular complexity index is 477. The zero-order valence-electron chi connectivity index (χ0n) is 11.5. The average Bonchev–Trinajstić information content (AvgIpc) is 2.48. The molecule has 1 saturated heterocycles. The van der Waals surface area contributed by atoms with E-state index in [1.165, 1.54) is 12.1 Å². The number of carbonyl (C=O) groups is 1. The van der Waals surface area contributed by atoms with Crippen LogP contribution in [0.15, 0.2) is 18.2 Å². The number of rotatable bonds is 4. The Kier molecular flexibility index (Phi) is 5.34. The topological polar surface area (TPSA) is 35.6 Å². The lowest BCUT2D eigenvalue weighted by molar-refractivity contribution is 0.0774. The van der Waals surface area contributed by atoms with Gasteiger partial charge in [-0.15, -0.1) is 0 Å². The molecule has 6 heteroatoms. The maximum Gasteiger partial charge on any atom is 0.255 e. The van der Waals surface area contributed by atoms with Crippen molar-refractivity contribution in [1.82, 2.24) is 15.1 Å². The summed E-state index contributed by atoms with van der Waals surface area (Å²) in [6.07, 6.45) is 0. The molecule has 0 aliphatic carbocycles. The first-order chi connectivity index (χ1) is 9.59. The van der Waals surface area contributed by atoms with Crippen LogP contribution in [0.5, 0.6) is 0 Å². The molecule has 1 aliphatic heterocycles. The van der Waals surface area contributed by atoms with E-state index in [2.05, 4.69) is 10.2 Å². The lowest BCUT2D eigenvalue weighted by Gasteiger charge is -2.29. The van der Waals surface area contributed by atoms with E-state index in [0.717, 1.165) is 32.7 Å². The summed E-state index contributed by atoms with van der Waals surface area (Å²) in [6.45, 7) is 5.36. The maximum atomic E-state index is 13.4. The van der Waals surface area contributed by atoms with Crippen molar-refractivity contribution in [2.45, 2.75) is 0 Å². The molecule has 110 valence electrons. The van der Waals surface area contributed by atoms with Crippen molar-refractivity contribution in [3.63, 3.8) is 0 Å². The first kappa shape index (κ1) is 15.2. The number of hydrogen-bond donors (Lipinski definition) is 1. The Morgan fingerprint density at radius 1 is 1.45 bits per heavy atom. The molecule has 0 aromatic heterocycles. The highest BCUT2D eigenvalue weighted by Gasteiger charge is 2.18. The van der Waals surface area contributed by atoms with E-state index in [0.29, 0.717) is 6.54 Å². The molecule has 4 nitrogen and oxygen atoms in total. The summed E-state index contributed by atoms with van der Waals surface area (Å²) in [5.74, 6) is -0.808. The fourth-order valence-corrected chi connectivity index (χ4v) is 2.41. The number of nitrogens with zero attached hydrogens (tertiary/aromatic N) is 2. The fraction of sp³-hybridized carbons (Fsp3) is 0.500. The molecule has 0 spiro atoms. The number of hydrogen-bond acceptors (Lipinski definition) is 3. The van der Waals surface area contributed by atoms with Gasteiger partial charge in [0.25, 0.3) is 5.91 Å². The number of amides is 1. The number of nitrogens with one attached hydrogen (secondary N) is 1. The second kappa shape index (κ2) is 7.02. The molecule has 0 unspecified atom stereocenters. The first-order valence-corrected chi connectivity index (χ1v) is 7.10. The zero-order chi connectivity index (χ0) is 14.5. The van der Waals surface area contributed by atoms with Gasteiger partial charge in [0.2, 0.25) is 0 Å². The van der Waals surface area contributed by atoms with Gasteiger partial charge in [-0.25, -0.2) is 4.39 Å². The highest BCUT2D eigenvalue weighted by atomic mass is 35.5. The van der Waals surface area contributed by atoms with E-state index < -0.39 is 5.82 Å². The molecular formula is C14H19ClFN3O. The highest BCUT2D eigenvalue weighted by Crippen LogP contribution is 2.20. The van der Waals surface area contributed by atoms with Crippen LogP contribution in [-0.4, -0.2) is 62.0 Å². The molecule has 0 saturated carbocycles. The van der Waals surface area contributed by atoms with E-state index in [1.807, 2.05) is 0 Å². The molecule has 1 fully saturated rings. The Hall–Kier alpha value is -1.17. The molecule has 1 N–H and O–H groups in total. The van der Waals surface area contributed by atoms with Gasteiger partial charge in [0.1, 0.15) is 5.82 Å². The number of halogens is 2. The third kappa shape index (κ3) is 3.69. The third-order valence-corrected chi connectivity index (χ3v) is 3.87. The van der Waals surface area contributed by atoms with Gasteiger partial charge in [-0.3, -0.25) is 9.69 Å². The van der Waals surface area contributed by atoms with Crippen molar-refractivity contribution < 1.29 is 9.18 Å². The molecule has 0 bridgehead atoms. The van der Waals surface area contributed by atoms with Crippen LogP contribution in [0.3, 0.4) is 0 Å². The maximum absolute atomic E-state index is 13.4. The largest absolute Gasteiger partial charge is 0.340 e. The number of piperazine rings is 1. The smallest absolute Gasteiger partial charge is 0.255 e. The molecule has 20 heavy (non-hydrogen) atoms. The van der Waals surface area contributed by atoms with Gasteiger partial charge in [0.05, 0.1) is 10.6 Å². The molecule has 1 aromatic carbocycles. The summed E-state index contributed by atoms with van der Waals surface area (Å²) in [6, 6.07) is 4.30. The van der Waals surface area contributed by atoms with Crippen molar-refractivity contribution in [2.24, 2.45) is 0 Å². The minimum absolute atomic E-state index is 0.105. The van der Waals surface area contributed by atoms with E-state index in [9.17, 15) is 9.18 Å². The average molecular weight is 300 g/mol. The molecule has 0 radical (unpaired) electrons. The van der Waals surface area contributed by atoms with Crippen molar-refractivity contribution >= 4 is 17.5 Å². The van der Waals surface area contributed by atoms with Crippen LogP contribution < -0.4 is 5.32 Å². The summed E-state index contributed by atoms with van der Waals surface area (Å²) < 4.78 is 13.4. The Balaban J connectivity index is 1.92. The van der Waals surface area contributed by atoms with E-state index in [4.69, 9.17) is 11.6 Å². The molecule has 1 amide bonds. The fourth-order valence-electron chi connectivity index (χ4n) is 2.20. The van der Waals surface area contributed by atoms with E-state index >= 15 is 0 Å². The zero-order valence-corrected chi connectivity index (χ0v) is 12.3. The molecule has 1 aliphatic rings. The molecule has 1 aromatic rings. The second-order valence-electron chi connectivity index (χ2n) is 4.92. The lowest BCUT2D eigenvalue weighted by Crippen LogP contribution is -2.46. The van der Waals surface area contributed by atoms with Crippen molar-refractivity contribution in [3.05, 3.63) is 34.6 Å². The normalized spacial score (nSPS) is 16.1. The van der Waals surface area contributed by atoms with Crippen LogP contribution in [0, 0.1) is 5.82 Å². The van der Waals surface area contributed by atoms with Gasteiger partial charge in [-0.1, -0.05) is 17.7 Å². The standard InChI is InChI=1S/C14H19ClFN3O/c1-18(9-10-19-7-5-17-6-8-19)14(20)11-3-2-4-12(16)13(11)15/h2-4,17H,5-10H2,1H3.